The van der Waals surface area contributed by atoms with Crippen molar-refractivity contribution in [3.05, 3.63) is 65.5 Å². The fourth-order valence-corrected chi connectivity index (χ4v) is 1.62. The molecule has 0 aliphatic carbocycles. The smallest absolute Gasteiger partial charge is 0.336 e. The van der Waals surface area contributed by atoms with Gasteiger partial charge < -0.3 is 5.11 Å². The van der Waals surface area contributed by atoms with E-state index in [0.29, 0.717) is 5.56 Å². The van der Waals surface area contributed by atoms with Crippen LogP contribution in [0.1, 0.15) is 27.7 Å². The van der Waals surface area contributed by atoms with Gasteiger partial charge in [-0.05, 0) is 23.8 Å². The third kappa shape index (κ3) is 2.30. The molecule has 1 aromatic carbocycles. The molecule has 0 spiro atoms. The molecule has 1 aromatic heterocycles. The van der Waals surface area contributed by atoms with E-state index in [9.17, 15) is 9.18 Å². The molecule has 2 rings (SSSR count). The van der Waals surface area contributed by atoms with Gasteiger partial charge in [0.05, 0.1) is 5.56 Å². The van der Waals surface area contributed by atoms with Crippen LogP contribution >= 0.6 is 0 Å². The van der Waals surface area contributed by atoms with Gasteiger partial charge in [0.25, 0.3) is 0 Å². The van der Waals surface area contributed by atoms with Crippen molar-refractivity contribution < 1.29 is 14.3 Å². The molecule has 2 aromatic rings. The molecule has 3 nitrogen and oxygen atoms in total. The van der Waals surface area contributed by atoms with E-state index < -0.39 is 12.1 Å². The monoisotopic (exact) mass is 231 g/mol. The lowest BCUT2D eigenvalue weighted by molar-refractivity contribution is 0.0694. The van der Waals surface area contributed by atoms with Gasteiger partial charge in [-0.25, -0.2) is 9.18 Å². The highest BCUT2D eigenvalue weighted by Crippen LogP contribution is 2.28. The molecule has 1 unspecified atom stereocenters. The van der Waals surface area contributed by atoms with Crippen LogP contribution in [0, 0.1) is 0 Å². The Balaban J connectivity index is 2.44. The van der Waals surface area contributed by atoms with E-state index in [2.05, 4.69) is 4.98 Å². The first-order valence-corrected chi connectivity index (χ1v) is 5.06. The molecule has 0 aliphatic rings. The summed E-state index contributed by atoms with van der Waals surface area (Å²) >= 11 is 0. The molecule has 0 saturated carbocycles. The number of carboxylic acids is 1. The van der Waals surface area contributed by atoms with Crippen LogP contribution in [0.2, 0.25) is 0 Å². The molecular formula is C13H10FNO2. The van der Waals surface area contributed by atoms with Crippen LogP contribution in [-0.4, -0.2) is 16.1 Å². The quantitative estimate of drug-likeness (QED) is 0.883. The summed E-state index contributed by atoms with van der Waals surface area (Å²) in [4.78, 5) is 14.8. The Morgan fingerprint density at radius 3 is 2.47 bits per heavy atom. The zero-order valence-corrected chi connectivity index (χ0v) is 8.88. The van der Waals surface area contributed by atoms with Gasteiger partial charge in [-0.3, -0.25) is 4.98 Å². The van der Waals surface area contributed by atoms with Crippen molar-refractivity contribution in [1.29, 1.82) is 0 Å². The van der Waals surface area contributed by atoms with Gasteiger partial charge in [-0.1, -0.05) is 18.2 Å². The number of carbonyl (C=O) groups is 1. The van der Waals surface area contributed by atoms with E-state index in [1.165, 1.54) is 36.7 Å². The fraction of sp³-hybridized carbons (Fsp3) is 0.0769. The number of rotatable bonds is 3. The number of hydrogen-bond acceptors (Lipinski definition) is 2. The molecule has 17 heavy (non-hydrogen) atoms. The third-order valence-electron chi connectivity index (χ3n) is 2.46. The summed E-state index contributed by atoms with van der Waals surface area (Å²) < 4.78 is 14.2. The maximum Gasteiger partial charge on any atom is 0.336 e. The van der Waals surface area contributed by atoms with Gasteiger partial charge in [-0.15, -0.1) is 0 Å². The van der Waals surface area contributed by atoms with E-state index in [1.54, 1.807) is 12.1 Å². The summed E-state index contributed by atoms with van der Waals surface area (Å²) in [5.41, 5.74) is 0.539. The zero-order chi connectivity index (χ0) is 12.3. The summed E-state index contributed by atoms with van der Waals surface area (Å²) in [6.45, 7) is 0. The molecule has 0 amide bonds. The van der Waals surface area contributed by atoms with E-state index in [4.69, 9.17) is 5.11 Å². The third-order valence-corrected chi connectivity index (χ3v) is 2.46. The minimum Gasteiger partial charge on any atom is -0.478 e. The number of alkyl halides is 1. The molecule has 86 valence electrons. The van der Waals surface area contributed by atoms with E-state index in [1.807, 2.05) is 0 Å². The number of aromatic carboxylic acids is 1. The predicted octanol–water partition coefficient (Wildman–Crippen LogP) is 2.84. The molecule has 4 heteroatoms. The van der Waals surface area contributed by atoms with Gasteiger partial charge >= 0.3 is 5.97 Å². The van der Waals surface area contributed by atoms with Crippen LogP contribution in [0.15, 0.2) is 48.8 Å². The molecule has 1 atom stereocenters. The lowest BCUT2D eigenvalue weighted by atomic mass is 9.99. The van der Waals surface area contributed by atoms with Crippen LogP contribution in [0.25, 0.3) is 0 Å². The number of hydrogen-bond donors (Lipinski definition) is 1. The summed E-state index contributed by atoms with van der Waals surface area (Å²) in [7, 11) is 0. The Bertz CT molecular complexity index is 528. The Morgan fingerprint density at radius 1 is 1.18 bits per heavy atom. The van der Waals surface area contributed by atoms with Crippen molar-refractivity contribution in [3.63, 3.8) is 0 Å². The number of carboxylic acid groups (broad SMARTS) is 1. The standard InChI is InChI=1S/C13H10FNO2/c14-12(9-5-7-15-8-6-9)10-3-1-2-4-11(10)13(16)17/h1-8,12H,(H,16,17). The summed E-state index contributed by atoms with van der Waals surface area (Å²) in [5, 5.41) is 8.98. The Kier molecular flexibility index (Phi) is 3.14. The second kappa shape index (κ2) is 4.74. The first kappa shape index (κ1) is 11.3. The van der Waals surface area contributed by atoms with E-state index in [-0.39, 0.29) is 11.1 Å². The second-order valence-corrected chi connectivity index (χ2v) is 3.54. The number of halogens is 1. The van der Waals surface area contributed by atoms with Gasteiger partial charge in [0, 0.05) is 18.0 Å². The highest BCUT2D eigenvalue weighted by molar-refractivity contribution is 5.89. The zero-order valence-electron chi connectivity index (χ0n) is 8.88. The van der Waals surface area contributed by atoms with Crippen molar-refractivity contribution in [2.24, 2.45) is 0 Å². The summed E-state index contributed by atoms with van der Waals surface area (Å²) in [6, 6.07) is 9.13. The molecule has 1 N–H and O–H groups in total. The maximum atomic E-state index is 14.2. The first-order chi connectivity index (χ1) is 8.20. The first-order valence-electron chi connectivity index (χ1n) is 5.06. The Hall–Kier alpha value is -2.23. The molecule has 0 aliphatic heterocycles. The molecule has 0 fully saturated rings. The summed E-state index contributed by atoms with van der Waals surface area (Å²) in [5.74, 6) is -1.13. The fourth-order valence-electron chi connectivity index (χ4n) is 1.62. The van der Waals surface area contributed by atoms with Crippen LogP contribution in [0.3, 0.4) is 0 Å². The molecule has 0 bridgehead atoms. The van der Waals surface area contributed by atoms with Crippen molar-refractivity contribution in [2.45, 2.75) is 6.17 Å². The SMILES string of the molecule is O=C(O)c1ccccc1C(F)c1ccncc1. The molecule has 0 saturated heterocycles. The second-order valence-electron chi connectivity index (χ2n) is 3.54. The van der Waals surface area contributed by atoms with Gasteiger partial charge in [-0.2, -0.15) is 0 Å². The molecule has 0 radical (unpaired) electrons. The number of pyridine rings is 1. The summed E-state index contributed by atoms with van der Waals surface area (Å²) in [6.07, 6.45) is 1.50. The van der Waals surface area contributed by atoms with Crippen LogP contribution in [0.5, 0.6) is 0 Å². The van der Waals surface area contributed by atoms with Crippen LogP contribution < -0.4 is 0 Å². The van der Waals surface area contributed by atoms with E-state index >= 15 is 0 Å². The number of benzene rings is 1. The predicted molar refractivity (Wildman–Crippen MR) is 60.6 cm³/mol. The normalized spacial score (nSPS) is 12.1. The highest BCUT2D eigenvalue weighted by atomic mass is 19.1. The number of nitrogens with zero attached hydrogens (tertiary/aromatic N) is 1. The largest absolute Gasteiger partial charge is 0.478 e. The van der Waals surface area contributed by atoms with Crippen molar-refractivity contribution in [3.8, 4) is 0 Å². The van der Waals surface area contributed by atoms with Gasteiger partial charge in [0.2, 0.25) is 0 Å². The van der Waals surface area contributed by atoms with Crippen molar-refractivity contribution in [2.75, 3.05) is 0 Å². The highest BCUT2D eigenvalue weighted by Gasteiger charge is 2.19. The lowest BCUT2D eigenvalue weighted by Gasteiger charge is -2.11. The maximum absolute atomic E-state index is 14.2. The minimum absolute atomic E-state index is 0.0168. The van der Waals surface area contributed by atoms with Gasteiger partial charge in [0.1, 0.15) is 0 Å². The molecular weight excluding hydrogens is 221 g/mol. The van der Waals surface area contributed by atoms with Crippen molar-refractivity contribution in [1.82, 2.24) is 4.98 Å². The van der Waals surface area contributed by atoms with E-state index in [0.717, 1.165) is 0 Å². The Morgan fingerprint density at radius 2 is 1.82 bits per heavy atom. The minimum atomic E-state index is -1.45. The van der Waals surface area contributed by atoms with Crippen molar-refractivity contribution >= 4 is 5.97 Å². The topological polar surface area (TPSA) is 50.2 Å². The van der Waals surface area contributed by atoms with Crippen LogP contribution in [-0.2, 0) is 0 Å². The number of aromatic nitrogens is 1. The molecule has 1 heterocycles. The average Bonchev–Trinajstić information content (AvgIpc) is 2.39. The lowest BCUT2D eigenvalue weighted by Crippen LogP contribution is -2.05. The van der Waals surface area contributed by atoms with Gasteiger partial charge in [0.15, 0.2) is 6.17 Å². The van der Waals surface area contributed by atoms with Crippen LogP contribution in [0.4, 0.5) is 4.39 Å². The average molecular weight is 231 g/mol. The Labute approximate surface area is 97.6 Å².